The summed E-state index contributed by atoms with van der Waals surface area (Å²) in [6, 6.07) is 5.43. The first-order valence-electron chi connectivity index (χ1n) is 3.38. The van der Waals surface area contributed by atoms with Gasteiger partial charge in [-0.3, -0.25) is 0 Å². The van der Waals surface area contributed by atoms with E-state index in [0.717, 1.165) is 16.8 Å². The van der Waals surface area contributed by atoms with Crippen molar-refractivity contribution in [2.75, 3.05) is 5.73 Å². The molecule has 0 heterocycles. The van der Waals surface area contributed by atoms with E-state index < -0.39 is 0 Å². The van der Waals surface area contributed by atoms with Crippen molar-refractivity contribution in [2.45, 2.75) is 13.5 Å². The summed E-state index contributed by atoms with van der Waals surface area (Å²) in [7, 11) is 0. The van der Waals surface area contributed by atoms with Crippen molar-refractivity contribution < 1.29 is 0 Å². The van der Waals surface area contributed by atoms with Crippen LogP contribution in [-0.4, -0.2) is 0 Å². The maximum Gasteiger partial charge on any atom is 0.106 e. The van der Waals surface area contributed by atoms with Gasteiger partial charge in [0.15, 0.2) is 0 Å². The van der Waals surface area contributed by atoms with Crippen LogP contribution in [0.5, 0.6) is 0 Å². The van der Waals surface area contributed by atoms with Gasteiger partial charge < -0.3 is 5.73 Å². The predicted molar refractivity (Wildman–Crippen MR) is 45.1 cm³/mol. The Morgan fingerprint density at radius 1 is 1.55 bits per heavy atom. The van der Waals surface area contributed by atoms with Crippen molar-refractivity contribution in [1.29, 1.82) is 0 Å². The molecule has 0 amide bonds. The Labute approximate surface area is 65.2 Å². The molecule has 0 saturated heterocycles. The van der Waals surface area contributed by atoms with Gasteiger partial charge in [-0.25, -0.2) is 0 Å². The minimum absolute atomic E-state index is 0.228. The molecule has 3 heteroatoms. The van der Waals surface area contributed by atoms with Gasteiger partial charge in [0.1, 0.15) is 6.54 Å². The quantitative estimate of drug-likeness (QED) is 0.516. The number of hydrogen-bond donors (Lipinski definition) is 1. The topological polar surface area (TPSA) is 55.4 Å². The summed E-state index contributed by atoms with van der Waals surface area (Å²) < 4.78 is 0. The van der Waals surface area contributed by atoms with E-state index in [9.17, 15) is 4.91 Å². The molecule has 3 nitrogen and oxygen atoms in total. The Bertz CT molecular complexity index is 271. The maximum absolute atomic E-state index is 9.93. The van der Waals surface area contributed by atoms with Crippen molar-refractivity contribution in [3.8, 4) is 0 Å². The van der Waals surface area contributed by atoms with Crippen molar-refractivity contribution in [3.05, 3.63) is 34.2 Å². The molecule has 0 aromatic heterocycles. The smallest absolute Gasteiger partial charge is 0.106 e. The lowest BCUT2D eigenvalue weighted by Gasteiger charge is -2.00. The second-order valence-electron chi connectivity index (χ2n) is 2.47. The zero-order valence-electron chi connectivity index (χ0n) is 6.37. The lowest BCUT2D eigenvalue weighted by atomic mass is 10.1. The van der Waals surface area contributed by atoms with E-state index in [0.29, 0.717) is 0 Å². The molecule has 0 spiro atoms. The number of nitrogens with two attached hydrogens (primary N) is 1. The molecule has 2 N–H and O–H groups in total. The number of benzene rings is 1. The predicted octanol–water partition coefficient (Wildman–Crippen LogP) is 1.84. The van der Waals surface area contributed by atoms with Crippen LogP contribution in [0.4, 0.5) is 5.69 Å². The summed E-state index contributed by atoms with van der Waals surface area (Å²) in [5.41, 5.74) is 8.19. The zero-order chi connectivity index (χ0) is 8.27. The van der Waals surface area contributed by atoms with Crippen LogP contribution in [0.1, 0.15) is 11.1 Å². The third kappa shape index (κ3) is 1.77. The van der Waals surface area contributed by atoms with Crippen LogP contribution in [-0.2, 0) is 6.54 Å². The van der Waals surface area contributed by atoms with Gasteiger partial charge in [-0.15, -0.1) is 0 Å². The third-order valence-electron chi connectivity index (χ3n) is 1.60. The summed E-state index contributed by atoms with van der Waals surface area (Å²) in [6.45, 7) is 2.14. The van der Waals surface area contributed by atoms with Gasteiger partial charge >= 0.3 is 0 Å². The SMILES string of the molecule is Cc1cc(N)ccc1CN=O. The van der Waals surface area contributed by atoms with Gasteiger partial charge in [0, 0.05) is 5.69 Å². The van der Waals surface area contributed by atoms with E-state index in [-0.39, 0.29) is 6.54 Å². The number of anilines is 1. The summed E-state index contributed by atoms with van der Waals surface area (Å²) in [6.07, 6.45) is 0. The van der Waals surface area contributed by atoms with Gasteiger partial charge in [-0.2, -0.15) is 4.91 Å². The molecule has 11 heavy (non-hydrogen) atoms. The third-order valence-corrected chi connectivity index (χ3v) is 1.60. The molecule has 0 saturated carbocycles. The first kappa shape index (κ1) is 7.72. The average Bonchev–Trinajstić information content (AvgIpc) is 1.95. The highest BCUT2D eigenvalue weighted by Crippen LogP contribution is 2.12. The Hall–Kier alpha value is -1.38. The fourth-order valence-electron chi connectivity index (χ4n) is 0.966. The molecule has 0 unspecified atom stereocenters. The van der Waals surface area contributed by atoms with Gasteiger partial charge in [-0.05, 0) is 30.2 Å². The van der Waals surface area contributed by atoms with Crippen LogP contribution >= 0.6 is 0 Å². The Morgan fingerprint density at radius 3 is 2.82 bits per heavy atom. The number of nitroso groups, excluding NO2 is 1. The van der Waals surface area contributed by atoms with Gasteiger partial charge in [0.2, 0.25) is 0 Å². The standard InChI is InChI=1S/C8H10N2O/c1-6-4-8(9)3-2-7(6)5-10-11/h2-4H,5,9H2,1H3. The molecule has 0 bridgehead atoms. The minimum atomic E-state index is 0.228. The molecule has 0 atom stereocenters. The van der Waals surface area contributed by atoms with E-state index >= 15 is 0 Å². The molecular formula is C8H10N2O. The Balaban J connectivity index is 2.98. The molecule has 0 aliphatic heterocycles. The van der Waals surface area contributed by atoms with Crippen LogP contribution in [0.2, 0.25) is 0 Å². The van der Waals surface area contributed by atoms with E-state index in [1.54, 1.807) is 6.07 Å². The fourth-order valence-corrected chi connectivity index (χ4v) is 0.966. The molecule has 1 rings (SSSR count). The largest absolute Gasteiger partial charge is 0.399 e. The number of rotatable bonds is 2. The van der Waals surface area contributed by atoms with Crippen molar-refractivity contribution in [2.24, 2.45) is 5.18 Å². The summed E-state index contributed by atoms with van der Waals surface area (Å²) in [5, 5.41) is 2.81. The lowest BCUT2D eigenvalue weighted by molar-refractivity contribution is 1.04. The van der Waals surface area contributed by atoms with E-state index in [1.807, 2.05) is 19.1 Å². The van der Waals surface area contributed by atoms with Gasteiger partial charge in [0.25, 0.3) is 0 Å². The minimum Gasteiger partial charge on any atom is -0.399 e. The summed E-state index contributed by atoms with van der Waals surface area (Å²) >= 11 is 0. The molecule has 0 radical (unpaired) electrons. The van der Waals surface area contributed by atoms with Crippen LogP contribution in [0.25, 0.3) is 0 Å². The highest BCUT2D eigenvalue weighted by molar-refractivity contribution is 5.44. The number of nitrogen functional groups attached to an aromatic ring is 1. The van der Waals surface area contributed by atoms with E-state index in [2.05, 4.69) is 5.18 Å². The highest BCUT2D eigenvalue weighted by Gasteiger charge is 1.96. The van der Waals surface area contributed by atoms with Crippen molar-refractivity contribution in [3.63, 3.8) is 0 Å². The van der Waals surface area contributed by atoms with Crippen LogP contribution in [0, 0.1) is 11.8 Å². The van der Waals surface area contributed by atoms with Crippen LogP contribution in [0.15, 0.2) is 23.4 Å². The second kappa shape index (κ2) is 3.14. The maximum atomic E-state index is 9.93. The lowest BCUT2D eigenvalue weighted by Crippen LogP contribution is -1.90. The summed E-state index contributed by atoms with van der Waals surface area (Å²) in [5.74, 6) is 0. The monoisotopic (exact) mass is 150 g/mol. The Kier molecular flexibility index (Phi) is 2.21. The first-order valence-corrected chi connectivity index (χ1v) is 3.38. The summed E-state index contributed by atoms with van der Waals surface area (Å²) in [4.78, 5) is 9.93. The van der Waals surface area contributed by atoms with Crippen molar-refractivity contribution >= 4 is 5.69 Å². The van der Waals surface area contributed by atoms with Gasteiger partial charge in [0.05, 0.1) is 0 Å². The van der Waals surface area contributed by atoms with Crippen LogP contribution in [0.3, 0.4) is 0 Å². The first-order chi connectivity index (χ1) is 5.24. The van der Waals surface area contributed by atoms with Crippen molar-refractivity contribution in [1.82, 2.24) is 0 Å². The molecule has 1 aromatic carbocycles. The van der Waals surface area contributed by atoms with E-state index in [4.69, 9.17) is 5.73 Å². The zero-order valence-corrected chi connectivity index (χ0v) is 6.37. The molecular weight excluding hydrogens is 140 g/mol. The fraction of sp³-hybridized carbons (Fsp3) is 0.250. The van der Waals surface area contributed by atoms with Crippen LogP contribution < -0.4 is 5.73 Å². The highest BCUT2D eigenvalue weighted by atomic mass is 16.3. The average molecular weight is 150 g/mol. The number of aryl methyl sites for hydroxylation is 1. The normalized spacial score (nSPS) is 9.55. The second-order valence-corrected chi connectivity index (χ2v) is 2.47. The number of nitrogens with zero attached hydrogens (tertiary/aromatic N) is 1. The Morgan fingerprint density at radius 2 is 2.27 bits per heavy atom. The molecule has 58 valence electrons. The van der Waals surface area contributed by atoms with E-state index in [1.165, 1.54) is 0 Å². The van der Waals surface area contributed by atoms with Gasteiger partial charge in [-0.1, -0.05) is 11.2 Å². The molecule has 0 fully saturated rings. The molecule has 0 aliphatic rings. The number of hydrogen-bond acceptors (Lipinski definition) is 3. The molecule has 1 aromatic rings. The molecule has 0 aliphatic carbocycles.